The molecule has 1 aliphatic heterocycles. The van der Waals surface area contributed by atoms with E-state index in [0.29, 0.717) is 18.0 Å². The van der Waals surface area contributed by atoms with Crippen LogP contribution < -0.4 is 14.8 Å². The van der Waals surface area contributed by atoms with Crippen LogP contribution in [0.3, 0.4) is 0 Å². The van der Waals surface area contributed by atoms with E-state index in [9.17, 15) is 5.11 Å². The maximum atomic E-state index is 10.3. The number of rotatable bonds is 11. The highest BCUT2D eigenvalue weighted by Crippen LogP contribution is 2.28. The van der Waals surface area contributed by atoms with Gasteiger partial charge in [-0.2, -0.15) is 11.8 Å². The van der Waals surface area contributed by atoms with Gasteiger partial charge in [0.1, 0.15) is 12.7 Å². The molecule has 0 spiro atoms. The first kappa shape index (κ1) is 21.9. The number of β-amino-alcohol motifs (C(OH)–C–C–N with tert-alkyl or cyclic N) is 1. The smallest absolute Gasteiger partial charge is 0.161 e. The minimum absolute atomic E-state index is 0.267. The third-order valence-corrected chi connectivity index (χ3v) is 5.84. The molecule has 1 saturated heterocycles. The SMILES string of the molecule is COc1cc(CNCCc2ccncc2)ccc1OC[C@H](O)CN1CCSCC1. The van der Waals surface area contributed by atoms with Crippen LogP contribution in [0.5, 0.6) is 11.5 Å². The zero-order chi connectivity index (χ0) is 20.3. The van der Waals surface area contributed by atoms with Gasteiger partial charge in [-0.1, -0.05) is 6.07 Å². The van der Waals surface area contributed by atoms with E-state index in [1.165, 1.54) is 5.56 Å². The van der Waals surface area contributed by atoms with Gasteiger partial charge in [-0.3, -0.25) is 9.88 Å². The number of hydrogen-bond donors (Lipinski definition) is 2. The summed E-state index contributed by atoms with van der Waals surface area (Å²) in [7, 11) is 1.64. The van der Waals surface area contributed by atoms with E-state index in [1.807, 2.05) is 54.5 Å². The second-order valence-corrected chi connectivity index (χ2v) is 8.37. The second-order valence-electron chi connectivity index (χ2n) is 7.15. The predicted molar refractivity (Wildman–Crippen MR) is 118 cm³/mol. The number of thioether (sulfide) groups is 1. The number of nitrogens with zero attached hydrogens (tertiary/aromatic N) is 2. The Hall–Kier alpha value is -1.80. The zero-order valence-corrected chi connectivity index (χ0v) is 17.9. The standard InChI is InChI=1S/C22H31N3O3S/c1-27-22-14-19(15-24-9-6-18-4-7-23-8-5-18)2-3-21(22)28-17-20(26)16-25-10-12-29-13-11-25/h2-5,7-8,14,20,24,26H,6,9-13,15-17H2,1H3/t20-/m1/s1. The molecule has 0 saturated carbocycles. The normalized spacial score (nSPS) is 15.8. The third kappa shape index (κ3) is 7.51. The van der Waals surface area contributed by atoms with Crippen molar-refractivity contribution < 1.29 is 14.6 Å². The fraction of sp³-hybridized carbons (Fsp3) is 0.500. The van der Waals surface area contributed by atoms with Crippen molar-refractivity contribution in [1.82, 2.24) is 15.2 Å². The Morgan fingerprint density at radius 2 is 1.93 bits per heavy atom. The summed E-state index contributed by atoms with van der Waals surface area (Å²) >= 11 is 1.97. The molecule has 1 fully saturated rings. The van der Waals surface area contributed by atoms with E-state index in [2.05, 4.69) is 15.2 Å². The number of nitrogens with one attached hydrogen (secondary N) is 1. The first-order valence-corrected chi connectivity index (χ1v) is 11.3. The molecule has 1 atom stereocenters. The molecule has 1 aromatic carbocycles. The van der Waals surface area contributed by atoms with E-state index < -0.39 is 6.10 Å². The average molecular weight is 418 g/mol. The van der Waals surface area contributed by atoms with Gasteiger partial charge in [0.05, 0.1) is 7.11 Å². The Labute approximate surface area is 177 Å². The van der Waals surface area contributed by atoms with Crippen molar-refractivity contribution in [1.29, 1.82) is 0 Å². The van der Waals surface area contributed by atoms with Crippen molar-refractivity contribution in [2.75, 3.05) is 51.4 Å². The van der Waals surface area contributed by atoms with E-state index in [-0.39, 0.29) is 6.61 Å². The molecule has 158 valence electrons. The highest BCUT2D eigenvalue weighted by Gasteiger charge is 2.16. The summed E-state index contributed by atoms with van der Waals surface area (Å²) in [6.07, 6.45) is 4.11. The molecule has 1 aromatic heterocycles. The van der Waals surface area contributed by atoms with Gasteiger partial charge in [-0.25, -0.2) is 0 Å². The largest absolute Gasteiger partial charge is 0.493 e. The molecule has 2 N–H and O–H groups in total. The lowest BCUT2D eigenvalue weighted by molar-refractivity contribution is 0.0705. The van der Waals surface area contributed by atoms with Crippen molar-refractivity contribution in [3.8, 4) is 11.5 Å². The van der Waals surface area contributed by atoms with Crippen molar-refractivity contribution in [2.45, 2.75) is 19.1 Å². The molecular formula is C22H31N3O3S. The number of hydrogen-bond acceptors (Lipinski definition) is 7. The Bertz CT molecular complexity index is 726. The molecular weight excluding hydrogens is 386 g/mol. The minimum atomic E-state index is -0.502. The summed E-state index contributed by atoms with van der Waals surface area (Å²) in [6, 6.07) is 10.0. The molecule has 7 heteroatoms. The van der Waals surface area contributed by atoms with Gasteiger partial charge >= 0.3 is 0 Å². The van der Waals surface area contributed by atoms with Gasteiger partial charge in [0, 0.05) is 50.1 Å². The number of aliphatic hydroxyl groups excluding tert-OH is 1. The average Bonchev–Trinajstić information content (AvgIpc) is 2.77. The molecule has 0 unspecified atom stereocenters. The quantitative estimate of drug-likeness (QED) is 0.544. The van der Waals surface area contributed by atoms with Crippen LogP contribution in [-0.4, -0.2) is 72.5 Å². The fourth-order valence-electron chi connectivity index (χ4n) is 3.28. The molecule has 2 heterocycles. The van der Waals surface area contributed by atoms with Crippen molar-refractivity contribution in [3.63, 3.8) is 0 Å². The first-order chi connectivity index (χ1) is 14.2. The Morgan fingerprint density at radius 1 is 1.14 bits per heavy atom. The number of pyridine rings is 1. The van der Waals surface area contributed by atoms with Gasteiger partial charge in [0.15, 0.2) is 11.5 Å². The topological polar surface area (TPSA) is 66.8 Å². The number of aliphatic hydroxyl groups is 1. The lowest BCUT2D eigenvalue weighted by atomic mass is 10.1. The number of aromatic nitrogens is 1. The molecule has 29 heavy (non-hydrogen) atoms. The summed E-state index contributed by atoms with van der Waals surface area (Å²) in [5.41, 5.74) is 2.41. The Balaban J connectivity index is 1.42. The van der Waals surface area contributed by atoms with Crippen molar-refractivity contribution >= 4 is 11.8 Å². The minimum Gasteiger partial charge on any atom is -0.493 e. The van der Waals surface area contributed by atoms with Crippen LogP contribution in [0.15, 0.2) is 42.7 Å². The van der Waals surface area contributed by atoms with Crippen molar-refractivity contribution in [2.24, 2.45) is 0 Å². The monoisotopic (exact) mass is 417 g/mol. The predicted octanol–water partition coefficient (Wildman–Crippen LogP) is 2.21. The number of benzene rings is 1. The summed E-state index contributed by atoms with van der Waals surface area (Å²) in [5, 5.41) is 13.7. The zero-order valence-electron chi connectivity index (χ0n) is 17.0. The summed E-state index contributed by atoms with van der Waals surface area (Å²) in [6.45, 7) is 4.65. The van der Waals surface area contributed by atoms with Crippen LogP contribution in [0.2, 0.25) is 0 Å². The van der Waals surface area contributed by atoms with Crippen LogP contribution in [0.1, 0.15) is 11.1 Å². The Morgan fingerprint density at radius 3 is 2.69 bits per heavy atom. The van der Waals surface area contributed by atoms with Crippen LogP contribution in [0, 0.1) is 0 Å². The maximum absolute atomic E-state index is 10.3. The first-order valence-electron chi connectivity index (χ1n) is 10.1. The molecule has 6 nitrogen and oxygen atoms in total. The van der Waals surface area contributed by atoms with E-state index >= 15 is 0 Å². The van der Waals surface area contributed by atoms with Gasteiger partial charge in [0.2, 0.25) is 0 Å². The number of ether oxygens (including phenoxy) is 2. The highest BCUT2D eigenvalue weighted by atomic mass is 32.2. The lowest BCUT2D eigenvalue weighted by Gasteiger charge is -2.28. The van der Waals surface area contributed by atoms with Crippen LogP contribution in [0.25, 0.3) is 0 Å². The maximum Gasteiger partial charge on any atom is 0.161 e. The lowest BCUT2D eigenvalue weighted by Crippen LogP contribution is -2.40. The molecule has 0 amide bonds. The Kier molecular flexibility index (Phi) is 9.08. The van der Waals surface area contributed by atoms with E-state index in [1.54, 1.807) is 7.11 Å². The summed E-state index contributed by atoms with van der Waals surface area (Å²) < 4.78 is 11.3. The van der Waals surface area contributed by atoms with Crippen LogP contribution >= 0.6 is 11.8 Å². The molecule has 0 radical (unpaired) electrons. The second kappa shape index (κ2) is 12.0. The van der Waals surface area contributed by atoms with Gasteiger partial charge in [0.25, 0.3) is 0 Å². The molecule has 0 aliphatic carbocycles. The van der Waals surface area contributed by atoms with Crippen LogP contribution in [-0.2, 0) is 13.0 Å². The summed E-state index contributed by atoms with van der Waals surface area (Å²) in [4.78, 5) is 6.33. The molecule has 0 bridgehead atoms. The van der Waals surface area contributed by atoms with Gasteiger partial charge in [-0.15, -0.1) is 0 Å². The van der Waals surface area contributed by atoms with E-state index in [0.717, 1.165) is 49.7 Å². The molecule has 3 rings (SSSR count). The van der Waals surface area contributed by atoms with Crippen LogP contribution in [0.4, 0.5) is 0 Å². The van der Waals surface area contributed by atoms with E-state index in [4.69, 9.17) is 9.47 Å². The molecule has 2 aromatic rings. The number of methoxy groups -OCH3 is 1. The van der Waals surface area contributed by atoms with Gasteiger partial charge < -0.3 is 19.9 Å². The third-order valence-electron chi connectivity index (χ3n) is 4.90. The highest BCUT2D eigenvalue weighted by molar-refractivity contribution is 7.99. The summed E-state index contributed by atoms with van der Waals surface area (Å²) in [5.74, 6) is 3.64. The van der Waals surface area contributed by atoms with Crippen molar-refractivity contribution in [3.05, 3.63) is 53.9 Å². The molecule has 1 aliphatic rings. The van der Waals surface area contributed by atoms with Gasteiger partial charge in [-0.05, 0) is 48.4 Å². The fourth-order valence-corrected chi connectivity index (χ4v) is 4.26.